The van der Waals surface area contributed by atoms with Crippen LogP contribution in [0.2, 0.25) is 5.15 Å². The van der Waals surface area contributed by atoms with E-state index in [1.54, 1.807) is 12.3 Å². The number of nitrogens with zero attached hydrogens (tertiary/aromatic N) is 4. The molecule has 5 heterocycles. The van der Waals surface area contributed by atoms with Crippen molar-refractivity contribution in [3.63, 3.8) is 0 Å². The fraction of sp³-hybridized carbons (Fsp3) is 0.333. The Kier molecular flexibility index (Phi) is 3.98. The SMILES string of the molecule is CCCN1c2cccnc2-n2cccc2C12CCN(C(=O)c1c[nH]c(Cl)c1)C2. The quantitative estimate of drug-likeness (QED) is 0.733. The number of carbonyl (C=O) groups is 1. The summed E-state index contributed by atoms with van der Waals surface area (Å²) in [6.45, 7) is 4.47. The summed E-state index contributed by atoms with van der Waals surface area (Å²) in [4.78, 5) is 25.0. The number of halogens is 1. The second-order valence-electron chi connectivity index (χ2n) is 7.51. The van der Waals surface area contributed by atoms with E-state index in [2.05, 4.69) is 50.8 Å². The molecule has 1 unspecified atom stereocenters. The van der Waals surface area contributed by atoms with Crippen LogP contribution in [0.25, 0.3) is 5.82 Å². The Morgan fingerprint density at radius 2 is 2.25 bits per heavy atom. The Labute approximate surface area is 168 Å². The van der Waals surface area contributed by atoms with Crippen LogP contribution in [0.15, 0.2) is 48.9 Å². The van der Waals surface area contributed by atoms with Gasteiger partial charge in [-0.05, 0) is 43.2 Å². The molecule has 2 aliphatic heterocycles. The zero-order chi connectivity index (χ0) is 19.3. The number of anilines is 1. The number of carbonyl (C=O) groups excluding carboxylic acids is 1. The molecule has 2 aliphatic rings. The molecule has 3 aromatic rings. The van der Waals surface area contributed by atoms with Gasteiger partial charge in [-0.1, -0.05) is 18.5 Å². The molecule has 0 bridgehead atoms. The van der Waals surface area contributed by atoms with Crippen LogP contribution in [0, 0.1) is 0 Å². The summed E-state index contributed by atoms with van der Waals surface area (Å²) in [5.74, 6) is 0.982. The summed E-state index contributed by atoms with van der Waals surface area (Å²) in [5.41, 5.74) is 2.70. The van der Waals surface area contributed by atoms with E-state index in [1.807, 2.05) is 17.2 Å². The van der Waals surface area contributed by atoms with E-state index in [9.17, 15) is 4.79 Å². The number of likely N-dealkylation sites (tertiary alicyclic amines) is 1. The Morgan fingerprint density at radius 1 is 1.36 bits per heavy atom. The van der Waals surface area contributed by atoms with Gasteiger partial charge in [-0.25, -0.2) is 4.98 Å². The molecule has 1 N–H and O–H groups in total. The second-order valence-corrected chi connectivity index (χ2v) is 7.91. The first-order chi connectivity index (χ1) is 13.6. The second kappa shape index (κ2) is 6.41. The minimum absolute atomic E-state index is 0.0200. The summed E-state index contributed by atoms with van der Waals surface area (Å²) in [6.07, 6.45) is 7.50. The lowest BCUT2D eigenvalue weighted by atomic mass is 9.88. The molecular weight excluding hydrogens is 374 g/mol. The summed E-state index contributed by atoms with van der Waals surface area (Å²) in [7, 11) is 0. The molecule has 1 atom stereocenters. The predicted octanol–water partition coefficient (Wildman–Crippen LogP) is 3.83. The first kappa shape index (κ1) is 17.4. The fourth-order valence-corrected chi connectivity index (χ4v) is 4.90. The van der Waals surface area contributed by atoms with Crippen molar-refractivity contribution in [3.05, 3.63) is 65.3 Å². The summed E-state index contributed by atoms with van der Waals surface area (Å²) >= 11 is 5.98. The Hall–Kier alpha value is -2.73. The fourth-order valence-electron chi connectivity index (χ4n) is 4.73. The van der Waals surface area contributed by atoms with Gasteiger partial charge in [-0.2, -0.15) is 0 Å². The van der Waals surface area contributed by atoms with E-state index in [0.717, 1.165) is 30.9 Å². The normalized spacial score (nSPS) is 20.5. The number of H-pyrrole nitrogens is 1. The van der Waals surface area contributed by atoms with Gasteiger partial charge in [0.2, 0.25) is 0 Å². The van der Waals surface area contributed by atoms with Gasteiger partial charge in [0.25, 0.3) is 5.91 Å². The van der Waals surface area contributed by atoms with E-state index >= 15 is 0 Å². The molecule has 0 aliphatic carbocycles. The third-order valence-corrected chi connectivity index (χ3v) is 6.12. The highest BCUT2D eigenvalue weighted by atomic mass is 35.5. The lowest BCUT2D eigenvalue weighted by molar-refractivity contribution is 0.0782. The van der Waals surface area contributed by atoms with Gasteiger partial charge < -0.3 is 19.4 Å². The lowest BCUT2D eigenvalue weighted by Gasteiger charge is -2.47. The van der Waals surface area contributed by atoms with E-state index in [1.165, 1.54) is 5.69 Å². The van der Waals surface area contributed by atoms with Gasteiger partial charge in [0.1, 0.15) is 10.7 Å². The molecular formula is C21H22ClN5O. The van der Waals surface area contributed by atoms with Crippen LogP contribution < -0.4 is 4.90 Å². The number of rotatable bonds is 3. The third kappa shape index (κ3) is 2.41. The maximum Gasteiger partial charge on any atom is 0.255 e. The van der Waals surface area contributed by atoms with Gasteiger partial charge in [0, 0.05) is 38.2 Å². The first-order valence-corrected chi connectivity index (χ1v) is 10.1. The Bertz CT molecular complexity index is 1040. The zero-order valence-corrected chi connectivity index (χ0v) is 16.5. The van der Waals surface area contributed by atoms with Crippen LogP contribution in [-0.2, 0) is 5.54 Å². The standard InChI is InChI=1S/C21H22ClN5O/c1-2-9-27-16-5-3-8-23-19(16)26-10-4-6-17(26)21(27)7-11-25(14-21)20(28)15-12-18(22)24-13-15/h3-6,8,10,12-13,24H,2,7,9,11,14H2,1H3. The lowest BCUT2D eigenvalue weighted by Crippen LogP contribution is -2.53. The summed E-state index contributed by atoms with van der Waals surface area (Å²) < 4.78 is 2.18. The van der Waals surface area contributed by atoms with Crippen LogP contribution in [0.4, 0.5) is 5.69 Å². The van der Waals surface area contributed by atoms with Crippen molar-refractivity contribution in [3.8, 4) is 5.82 Å². The smallest absolute Gasteiger partial charge is 0.255 e. The van der Waals surface area contributed by atoms with Crippen LogP contribution >= 0.6 is 11.6 Å². The Morgan fingerprint density at radius 3 is 3.04 bits per heavy atom. The van der Waals surface area contributed by atoms with Crippen molar-refractivity contribution in [2.75, 3.05) is 24.5 Å². The number of hydrogen-bond acceptors (Lipinski definition) is 3. The van der Waals surface area contributed by atoms with E-state index in [4.69, 9.17) is 11.6 Å². The molecule has 5 rings (SSSR count). The molecule has 28 heavy (non-hydrogen) atoms. The van der Waals surface area contributed by atoms with Crippen LogP contribution in [-0.4, -0.2) is 45.0 Å². The number of aromatic nitrogens is 3. The van der Waals surface area contributed by atoms with Crippen molar-refractivity contribution in [2.24, 2.45) is 0 Å². The molecule has 0 saturated carbocycles. The van der Waals surface area contributed by atoms with Crippen LogP contribution in [0.5, 0.6) is 0 Å². The number of pyridine rings is 1. The van der Waals surface area contributed by atoms with Crippen molar-refractivity contribution in [1.29, 1.82) is 0 Å². The minimum atomic E-state index is -0.245. The zero-order valence-electron chi connectivity index (χ0n) is 15.7. The third-order valence-electron chi connectivity index (χ3n) is 5.90. The maximum atomic E-state index is 13.1. The van der Waals surface area contributed by atoms with E-state index in [0.29, 0.717) is 23.8 Å². The number of hydrogen-bond donors (Lipinski definition) is 1. The molecule has 0 radical (unpaired) electrons. The molecule has 7 heteroatoms. The van der Waals surface area contributed by atoms with E-state index < -0.39 is 0 Å². The van der Waals surface area contributed by atoms with Crippen LogP contribution in [0.1, 0.15) is 35.8 Å². The maximum absolute atomic E-state index is 13.1. The molecule has 0 aromatic carbocycles. The minimum Gasteiger partial charge on any atom is -0.355 e. The topological polar surface area (TPSA) is 57.2 Å². The van der Waals surface area contributed by atoms with Gasteiger partial charge in [0.05, 0.1) is 16.9 Å². The molecule has 144 valence electrons. The largest absolute Gasteiger partial charge is 0.355 e. The molecule has 1 amide bonds. The highest BCUT2D eigenvalue weighted by molar-refractivity contribution is 6.29. The predicted molar refractivity (Wildman–Crippen MR) is 109 cm³/mol. The number of nitrogens with one attached hydrogen (secondary N) is 1. The van der Waals surface area contributed by atoms with Gasteiger partial charge in [-0.3, -0.25) is 4.79 Å². The van der Waals surface area contributed by atoms with Crippen molar-refractivity contribution < 1.29 is 4.79 Å². The highest BCUT2D eigenvalue weighted by Crippen LogP contribution is 2.47. The molecule has 6 nitrogen and oxygen atoms in total. The number of aromatic amines is 1. The molecule has 3 aromatic heterocycles. The van der Waals surface area contributed by atoms with Crippen LogP contribution in [0.3, 0.4) is 0 Å². The van der Waals surface area contributed by atoms with Crippen molar-refractivity contribution in [1.82, 2.24) is 19.4 Å². The van der Waals surface area contributed by atoms with Gasteiger partial charge >= 0.3 is 0 Å². The first-order valence-electron chi connectivity index (χ1n) is 9.68. The Balaban J connectivity index is 1.58. The summed E-state index contributed by atoms with van der Waals surface area (Å²) in [6, 6.07) is 10.1. The molecule has 1 fully saturated rings. The van der Waals surface area contributed by atoms with Gasteiger partial charge in [-0.15, -0.1) is 0 Å². The number of fused-ring (bicyclic) bond motifs is 4. The monoisotopic (exact) mass is 395 g/mol. The summed E-state index contributed by atoms with van der Waals surface area (Å²) in [5, 5.41) is 0.483. The molecule has 1 spiro atoms. The van der Waals surface area contributed by atoms with Crippen molar-refractivity contribution >= 4 is 23.2 Å². The molecule has 1 saturated heterocycles. The van der Waals surface area contributed by atoms with E-state index in [-0.39, 0.29) is 11.4 Å². The number of amides is 1. The van der Waals surface area contributed by atoms with Crippen molar-refractivity contribution in [2.45, 2.75) is 25.3 Å². The van der Waals surface area contributed by atoms with Gasteiger partial charge in [0.15, 0.2) is 5.82 Å². The highest BCUT2D eigenvalue weighted by Gasteiger charge is 2.50. The average molecular weight is 396 g/mol. The average Bonchev–Trinajstić information content (AvgIpc) is 3.45.